The maximum Gasteiger partial charge on any atom is 0.141 e. The molecule has 0 amide bonds. The minimum Gasteiger partial charge on any atom is -0.334 e. The summed E-state index contributed by atoms with van der Waals surface area (Å²) in [5.74, 6) is 0.943. The van der Waals surface area contributed by atoms with Gasteiger partial charge >= 0.3 is 0 Å². The summed E-state index contributed by atoms with van der Waals surface area (Å²) in [6.07, 6.45) is 5.60. The van der Waals surface area contributed by atoms with E-state index in [0.29, 0.717) is 0 Å². The summed E-state index contributed by atoms with van der Waals surface area (Å²) in [4.78, 5) is 8.74. The van der Waals surface area contributed by atoms with E-state index >= 15 is 0 Å². The van der Waals surface area contributed by atoms with E-state index < -0.39 is 0 Å². The van der Waals surface area contributed by atoms with Crippen LogP contribution in [-0.2, 0) is 7.05 Å². The fourth-order valence-corrected chi connectivity index (χ4v) is 1.84. The van der Waals surface area contributed by atoms with Crippen molar-refractivity contribution in [2.45, 2.75) is 0 Å². The first kappa shape index (κ1) is 9.09. The second-order valence-corrected chi connectivity index (χ2v) is 3.78. The monoisotopic (exact) mass is 209 g/mol. The largest absolute Gasteiger partial charge is 0.334 e. The lowest BCUT2D eigenvalue weighted by Crippen LogP contribution is -1.92. The highest BCUT2D eigenvalue weighted by Crippen LogP contribution is 2.20. The van der Waals surface area contributed by atoms with Crippen LogP contribution >= 0.6 is 0 Å². The fourth-order valence-electron chi connectivity index (χ4n) is 1.84. The fraction of sp³-hybridized carbons (Fsp3) is 0.0769. The third kappa shape index (κ3) is 1.37. The molecule has 3 heteroatoms. The van der Waals surface area contributed by atoms with E-state index in [-0.39, 0.29) is 0 Å². The van der Waals surface area contributed by atoms with Crippen molar-refractivity contribution in [3.63, 3.8) is 0 Å². The summed E-state index contributed by atoms with van der Waals surface area (Å²) in [6.45, 7) is 0. The molecule has 0 radical (unpaired) electrons. The third-order valence-electron chi connectivity index (χ3n) is 2.67. The van der Waals surface area contributed by atoms with Gasteiger partial charge in [-0.25, -0.2) is 4.98 Å². The van der Waals surface area contributed by atoms with Crippen molar-refractivity contribution in [1.29, 1.82) is 0 Å². The van der Waals surface area contributed by atoms with Crippen LogP contribution in [0.4, 0.5) is 0 Å². The zero-order chi connectivity index (χ0) is 11.0. The van der Waals surface area contributed by atoms with Gasteiger partial charge in [-0.15, -0.1) is 0 Å². The Hall–Kier alpha value is -2.16. The Kier molecular flexibility index (Phi) is 1.96. The van der Waals surface area contributed by atoms with Crippen molar-refractivity contribution in [3.8, 4) is 11.4 Å². The van der Waals surface area contributed by atoms with Crippen LogP contribution in [0.25, 0.3) is 22.3 Å². The lowest BCUT2D eigenvalue weighted by Gasteiger charge is -2.03. The Labute approximate surface area is 93.4 Å². The topological polar surface area (TPSA) is 30.7 Å². The van der Waals surface area contributed by atoms with E-state index in [9.17, 15) is 0 Å². The van der Waals surface area contributed by atoms with Gasteiger partial charge in [0.1, 0.15) is 5.82 Å². The van der Waals surface area contributed by atoms with Gasteiger partial charge in [0.2, 0.25) is 0 Å². The van der Waals surface area contributed by atoms with Crippen LogP contribution in [0, 0.1) is 0 Å². The Morgan fingerprint density at radius 3 is 2.81 bits per heavy atom. The summed E-state index contributed by atoms with van der Waals surface area (Å²) in [7, 11) is 1.98. The lowest BCUT2D eigenvalue weighted by atomic mass is 10.1. The number of rotatable bonds is 1. The number of benzene rings is 1. The Balaban J connectivity index is 2.23. The van der Waals surface area contributed by atoms with E-state index in [0.717, 1.165) is 22.3 Å². The van der Waals surface area contributed by atoms with Gasteiger partial charge in [-0.2, -0.15) is 0 Å². The first-order valence-corrected chi connectivity index (χ1v) is 5.17. The smallest absolute Gasteiger partial charge is 0.141 e. The predicted octanol–water partition coefficient (Wildman–Crippen LogP) is 2.64. The molecule has 0 saturated carbocycles. The first-order valence-electron chi connectivity index (χ1n) is 5.17. The van der Waals surface area contributed by atoms with Crippen LogP contribution in [-0.4, -0.2) is 14.5 Å². The van der Waals surface area contributed by atoms with Gasteiger partial charge in [-0.1, -0.05) is 18.2 Å². The number of aromatic nitrogens is 3. The molecule has 16 heavy (non-hydrogen) atoms. The quantitative estimate of drug-likeness (QED) is 0.616. The molecule has 0 N–H and O–H groups in total. The lowest BCUT2D eigenvalue weighted by molar-refractivity contribution is 0.924. The third-order valence-corrected chi connectivity index (χ3v) is 2.67. The van der Waals surface area contributed by atoms with Crippen molar-refractivity contribution in [2.24, 2.45) is 7.05 Å². The molecular weight excluding hydrogens is 198 g/mol. The number of imidazole rings is 1. The number of pyridine rings is 1. The van der Waals surface area contributed by atoms with Crippen molar-refractivity contribution < 1.29 is 0 Å². The zero-order valence-electron chi connectivity index (χ0n) is 8.96. The molecule has 2 heterocycles. The molecule has 0 spiro atoms. The second kappa shape index (κ2) is 3.45. The second-order valence-electron chi connectivity index (χ2n) is 3.78. The molecule has 3 aromatic rings. The van der Waals surface area contributed by atoms with Crippen LogP contribution in [0.3, 0.4) is 0 Å². The Morgan fingerprint density at radius 1 is 1.12 bits per heavy atom. The zero-order valence-corrected chi connectivity index (χ0v) is 8.96. The average Bonchev–Trinajstić information content (AvgIpc) is 2.75. The normalized spacial score (nSPS) is 10.8. The van der Waals surface area contributed by atoms with Crippen molar-refractivity contribution >= 4 is 10.9 Å². The van der Waals surface area contributed by atoms with Crippen LogP contribution < -0.4 is 0 Å². The summed E-state index contributed by atoms with van der Waals surface area (Å²) < 4.78 is 1.99. The van der Waals surface area contributed by atoms with Gasteiger partial charge in [0.25, 0.3) is 0 Å². The minimum absolute atomic E-state index is 0.943. The van der Waals surface area contributed by atoms with E-state index in [2.05, 4.69) is 22.1 Å². The molecule has 0 saturated heterocycles. The molecule has 0 fully saturated rings. The van der Waals surface area contributed by atoms with E-state index in [1.54, 1.807) is 6.20 Å². The summed E-state index contributed by atoms with van der Waals surface area (Å²) in [5, 5.41) is 1.14. The number of fused-ring (bicyclic) bond motifs is 1. The van der Waals surface area contributed by atoms with E-state index in [1.165, 1.54) is 0 Å². The molecule has 78 valence electrons. The van der Waals surface area contributed by atoms with Crippen LogP contribution in [0.5, 0.6) is 0 Å². The summed E-state index contributed by atoms with van der Waals surface area (Å²) in [5.41, 5.74) is 2.06. The Morgan fingerprint density at radius 2 is 2.00 bits per heavy atom. The number of hydrogen-bond acceptors (Lipinski definition) is 2. The molecule has 0 unspecified atom stereocenters. The maximum absolute atomic E-state index is 4.42. The van der Waals surface area contributed by atoms with E-state index in [1.807, 2.05) is 42.2 Å². The number of para-hydroxylation sites is 1. The molecule has 0 aliphatic carbocycles. The highest BCUT2D eigenvalue weighted by molar-refractivity contribution is 5.82. The molecule has 0 atom stereocenters. The minimum atomic E-state index is 0.943. The molecule has 2 aromatic heterocycles. The van der Waals surface area contributed by atoms with E-state index in [4.69, 9.17) is 0 Å². The van der Waals surface area contributed by atoms with Crippen molar-refractivity contribution in [3.05, 3.63) is 48.9 Å². The molecular formula is C13H11N3. The maximum atomic E-state index is 4.42. The number of nitrogens with zero attached hydrogens (tertiary/aromatic N) is 3. The van der Waals surface area contributed by atoms with Crippen molar-refractivity contribution in [2.75, 3.05) is 0 Å². The highest BCUT2D eigenvalue weighted by atomic mass is 15.0. The Bertz CT molecular complexity index is 640. The van der Waals surface area contributed by atoms with Crippen LogP contribution in [0.2, 0.25) is 0 Å². The standard InChI is InChI=1S/C13H11N3/c1-16-7-6-14-13(16)11-8-10-4-2-3-5-12(10)15-9-11/h2-9H,1H3. The summed E-state index contributed by atoms with van der Waals surface area (Å²) in [6, 6.07) is 10.2. The van der Waals surface area contributed by atoms with Crippen LogP contribution in [0.15, 0.2) is 48.9 Å². The molecule has 1 aromatic carbocycles. The first-order chi connectivity index (χ1) is 7.84. The highest BCUT2D eigenvalue weighted by Gasteiger charge is 2.04. The summed E-state index contributed by atoms with van der Waals surface area (Å²) >= 11 is 0. The molecule has 3 nitrogen and oxygen atoms in total. The number of hydrogen-bond donors (Lipinski definition) is 0. The van der Waals surface area contributed by atoms with Gasteiger partial charge < -0.3 is 4.57 Å². The average molecular weight is 209 g/mol. The van der Waals surface area contributed by atoms with Gasteiger partial charge in [-0.05, 0) is 12.1 Å². The number of aryl methyl sites for hydroxylation is 1. The van der Waals surface area contributed by atoms with Gasteiger partial charge in [0.15, 0.2) is 0 Å². The van der Waals surface area contributed by atoms with Crippen molar-refractivity contribution in [1.82, 2.24) is 14.5 Å². The molecule has 0 bridgehead atoms. The molecule has 3 rings (SSSR count). The predicted molar refractivity (Wildman–Crippen MR) is 63.9 cm³/mol. The van der Waals surface area contributed by atoms with Gasteiger partial charge in [0, 0.05) is 36.6 Å². The SMILES string of the molecule is Cn1ccnc1-c1cnc2ccccc2c1. The molecule has 0 aliphatic heterocycles. The van der Waals surface area contributed by atoms with Crippen LogP contribution in [0.1, 0.15) is 0 Å². The van der Waals surface area contributed by atoms with Gasteiger partial charge in [0.05, 0.1) is 5.52 Å². The van der Waals surface area contributed by atoms with Gasteiger partial charge in [-0.3, -0.25) is 4.98 Å². The molecule has 0 aliphatic rings.